The van der Waals surface area contributed by atoms with Crippen molar-refractivity contribution >= 4 is 28.4 Å². The topological polar surface area (TPSA) is 51.2 Å². The molecule has 0 N–H and O–H groups in total. The van der Waals surface area contributed by atoms with Crippen molar-refractivity contribution in [3.8, 4) is 0 Å². The first-order valence-corrected chi connectivity index (χ1v) is 5.28. The van der Waals surface area contributed by atoms with Gasteiger partial charge in [0.25, 0.3) is 0 Å². The van der Waals surface area contributed by atoms with Crippen molar-refractivity contribution in [1.82, 2.24) is 0 Å². The van der Waals surface area contributed by atoms with Gasteiger partial charge in [-0.2, -0.15) is 0 Å². The minimum Gasteiger partial charge on any atom is -0.299 e. The summed E-state index contributed by atoms with van der Waals surface area (Å²) in [7, 11) is 0. The Morgan fingerprint density at radius 3 is 2.38 bits per heavy atom. The fourth-order valence-electron chi connectivity index (χ4n) is 1.35. The molecule has 0 aromatic rings. The van der Waals surface area contributed by atoms with Crippen LogP contribution in [0.3, 0.4) is 0 Å². The molecule has 0 bridgehead atoms. The quantitative estimate of drug-likeness (QED) is 0.628. The first-order valence-electron chi connectivity index (χ1n) is 4.30. The smallest absolute Gasteiger partial charge is 0.185 e. The molecule has 0 aliphatic heterocycles. The van der Waals surface area contributed by atoms with Gasteiger partial charge in [0.1, 0.15) is 11.6 Å². The molecule has 0 saturated heterocycles. The van der Waals surface area contributed by atoms with Gasteiger partial charge in [0.2, 0.25) is 0 Å². The van der Waals surface area contributed by atoms with E-state index < -0.39 is 5.92 Å². The maximum Gasteiger partial charge on any atom is 0.185 e. The molecule has 1 aliphatic carbocycles. The van der Waals surface area contributed by atoms with Crippen LogP contribution in [0.4, 0.5) is 0 Å². The molecule has 1 saturated carbocycles. The van der Waals surface area contributed by atoms with E-state index in [-0.39, 0.29) is 16.7 Å². The van der Waals surface area contributed by atoms with Gasteiger partial charge in [-0.25, -0.2) is 0 Å². The molecule has 0 unspecified atom stereocenters. The van der Waals surface area contributed by atoms with E-state index in [0.29, 0.717) is 25.0 Å². The van der Waals surface area contributed by atoms with Gasteiger partial charge in [0.05, 0.1) is 5.92 Å². The van der Waals surface area contributed by atoms with Crippen LogP contribution in [0, 0.1) is 5.92 Å². The van der Waals surface area contributed by atoms with Gasteiger partial charge in [0.15, 0.2) is 5.12 Å². The largest absolute Gasteiger partial charge is 0.299 e. The molecule has 72 valence electrons. The van der Waals surface area contributed by atoms with Crippen molar-refractivity contribution in [2.45, 2.75) is 26.2 Å². The summed E-state index contributed by atoms with van der Waals surface area (Å²) in [5.74, 6) is -0.162. The number of carbonyl (C=O) groups excluding carboxylic acids is 3. The number of hydrogen-bond donors (Lipinski definition) is 0. The highest BCUT2D eigenvalue weighted by atomic mass is 32.2. The van der Waals surface area contributed by atoms with Crippen LogP contribution in [-0.2, 0) is 14.4 Å². The second kappa shape index (κ2) is 4.56. The first kappa shape index (κ1) is 10.4. The SMILES string of the molecule is CC(=O)SCC1C(=O)CCCC1=O. The lowest BCUT2D eigenvalue weighted by Crippen LogP contribution is -2.30. The summed E-state index contributed by atoms with van der Waals surface area (Å²) in [4.78, 5) is 33.2. The molecule has 0 radical (unpaired) electrons. The van der Waals surface area contributed by atoms with Crippen molar-refractivity contribution < 1.29 is 14.4 Å². The molecule has 13 heavy (non-hydrogen) atoms. The van der Waals surface area contributed by atoms with Crippen molar-refractivity contribution in [2.75, 3.05) is 5.75 Å². The Morgan fingerprint density at radius 1 is 1.38 bits per heavy atom. The molecule has 0 aromatic carbocycles. The van der Waals surface area contributed by atoms with E-state index in [9.17, 15) is 14.4 Å². The van der Waals surface area contributed by atoms with Crippen LogP contribution in [0.25, 0.3) is 0 Å². The Labute approximate surface area is 81.3 Å². The number of thioether (sulfide) groups is 1. The Kier molecular flexibility index (Phi) is 3.66. The Hall–Kier alpha value is -0.640. The standard InChI is InChI=1S/C9H12O3S/c1-6(10)13-5-7-8(11)3-2-4-9(7)12/h7H,2-5H2,1H3. The highest BCUT2D eigenvalue weighted by molar-refractivity contribution is 8.13. The van der Waals surface area contributed by atoms with Crippen LogP contribution in [0.1, 0.15) is 26.2 Å². The van der Waals surface area contributed by atoms with Crippen LogP contribution in [-0.4, -0.2) is 22.4 Å². The van der Waals surface area contributed by atoms with E-state index in [0.717, 1.165) is 11.8 Å². The number of rotatable bonds is 2. The van der Waals surface area contributed by atoms with Crippen molar-refractivity contribution in [3.05, 3.63) is 0 Å². The van der Waals surface area contributed by atoms with Crippen LogP contribution < -0.4 is 0 Å². The van der Waals surface area contributed by atoms with Gasteiger partial charge in [-0.05, 0) is 6.42 Å². The fourth-order valence-corrected chi connectivity index (χ4v) is 2.12. The monoisotopic (exact) mass is 200 g/mol. The summed E-state index contributed by atoms with van der Waals surface area (Å²) in [5, 5.41) is -0.0360. The van der Waals surface area contributed by atoms with Crippen LogP contribution in [0.5, 0.6) is 0 Å². The number of hydrogen-bond acceptors (Lipinski definition) is 4. The molecule has 1 aliphatic rings. The second-order valence-corrected chi connectivity index (χ2v) is 4.34. The highest BCUT2D eigenvalue weighted by Crippen LogP contribution is 2.21. The summed E-state index contributed by atoms with van der Waals surface area (Å²) >= 11 is 1.06. The Morgan fingerprint density at radius 2 is 1.92 bits per heavy atom. The predicted molar refractivity (Wildman–Crippen MR) is 50.5 cm³/mol. The lowest BCUT2D eigenvalue weighted by atomic mass is 9.88. The van der Waals surface area contributed by atoms with Gasteiger partial charge in [-0.15, -0.1) is 0 Å². The number of carbonyl (C=O) groups is 3. The minimum absolute atomic E-state index is 0.00463. The third kappa shape index (κ3) is 2.95. The van der Waals surface area contributed by atoms with Crippen molar-refractivity contribution in [2.24, 2.45) is 5.92 Å². The van der Waals surface area contributed by atoms with E-state index in [2.05, 4.69) is 0 Å². The summed E-state index contributed by atoms with van der Waals surface area (Å²) in [6.07, 6.45) is 1.67. The van der Waals surface area contributed by atoms with E-state index in [1.807, 2.05) is 0 Å². The summed E-state index contributed by atoms with van der Waals surface area (Å²) < 4.78 is 0. The zero-order valence-electron chi connectivity index (χ0n) is 7.54. The van der Waals surface area contributed by atoms with E-state index >= 15 is 0 Å². The van der Waals surface area contributed by atoms with Gasteiger partial charge < -0.3 is 0 Å². The van der Waals surface area contributed by atoms with Crippen LogP contribution in [0.15, 0.2) is 0 Å². The van der Waals surface area contributed by atoms with Crippen LogP contribution >= 0.6 is 11.8 Å². The third-order valence-electron chi connectivity index (χ3n) is 2.08. The van der Waals surface area contributed by atoms with Gasteiger partial charge >= 0.3 is 0 Å². The molecule has 0 atom stereocenters. The molecule has 4 heteroatoms. The van der Waals surface area contributed by atoms with Crippen molar-refractivity contribution in [3.63, 3.8) is 0 Å². The zero-order chi connectivity index (χ0) is 9.84. The first-order chi connectivity index (χ1) is 6.11. The van der Waals surface area contributed by atoms with E-state index in [1.165, 1.54) is 6.92 Å². The average molecular weight is 200 g/mol. The average Bonchev–Trinajstić information content (AvgIpc) is 2.03. The lowest BCUT2D eigenvalue weighted by molar-refractivity contribution is -0.134. The Balaban J connectivity index is 2.49. The van der Waals surface area contributed by atoms with E-state index in [4.69, 9.17) is 0 Å². The minimum atomic E-state index is -0.511. The zero-order valence-corrected chi connectivity index (χ0v) is 8.36. The van der Waals surface area contributed by atoms with E-state index in [1.54, 1.807) is 0 Å². The molecule has 0 spiro atoms. The van der Waals surface area contributed by atoms with Gasteiger partial charge in [-0.1, -0.05) is 11.8 Å². The predicted octanol–water partition coefficient (Wildman–Crippen LogP) is 1.20. The number of Topliss-reactive ketones (excluding diaryl/α,β-unsaturated/α-hetero) is 2. The highest BCUT2D eigenvalue weighted by Gasteiger charge is 2.29. The van der Waals surface area contributed by atoms with Gasteiger partial charge in [0, 0.05) is 25.5 Å². The fraction of sp³-hybridized carbons (Fsp3) is 0.667. The van der Waals surface area contributed by atoms with Crippen LogP contribution in [0.2, 0.25) is 0 Å². The van der Waals surface area contributed by atoms with Crippen molar-refractivity contribution in [1.29, 1.82) is 0 Å². The summed E-state index contributed by atoms with van der Waals surface area (Å²) in [6, 6.07) is 0. The molecule has 3 nitrogen and oxygen atoms in total. The molecular weight excluding hydrogens is 188 g/mol. The summed E-state index contributed by atoms with van der Waals surface area (Å²) in [5.41, 5.74) is 0. The number of ketones is 2. The normalized spacial score (nSPS) is 19.2. The van der Waals surface area contributed by atoms with Gasteiger partial charge in [-0.3, -0.25) is 14.4 Å². The molecule has 1 rings (SSSR count). The molecule has 0 aromatic heterocycles. The maximum atomic E-state index is 11.3. The third-order valence-corrected chi connectivity index (χ3v) is 2.98. The molecule has 0 heterocycles. The maximum absolute atomic E-state index is 11.3. The second-order valence-electron chi connectivity index (χ2n) is 3.14. The molecule has 1 fully saturated rings. The summed E-state index contributed by atoms with van der Waals surface area (Å²) in [6.45, 7) is 1.45. The lowest BCUT2D eigenvalue weighted by Gasteiger charge is -2.17. The molecular formula is C9H12O3S. The molecule has 0 amide bonds. The Bertz CT molecular complexity index is 231.